The van der Waals surface area contributed by atoms with E-state index in [-0.39, 0.29) is 30.5 Å². The number of benzene rings is 1. The summed E-state index contributed by atoms with van der Waals surface area (Å²) < 4.78 is 11.2. The number of aliphatic hydroxyl groups is 1. The van der Waals surface area contributed by atoms with Crippen molar-refractivity contribution in [2.45, 2.75) is 33.3 Å². The van der Waals surface area contributed by atoms with Crippen molar-refractivity contribution in [3.63, 3.8) is 0 Å². The second kappa shape index (κ2) is 11.2. The van der Waals surface area contributed by atoms with Crippen molar-refractivity contribution in [1.82, 2.24) is 10.6 Å². The van der Waals surface area contributed by atoms with Gasteiger partial charge in [-0.25, -0.2) is 4.99 Å². The van der Waals surface area contributed by atoms with Crippen LogP contribution in [0.4, 0.5) is 0 Å². The molecule has 0 saturated carbocycles. The van der Waals surface area contributed by atoms with Gasteiger partial charge >= 0.3 is 0 Å². The molecule has 0 amide bonds. The van der Waals surface area contributed by atoms with E-state index in [0.29, 0.717) is 24.9 Å². The topological polar surface area (TPSA) is 79.0 Å². The molecule has 150 valence electrons. The molecule has 2 rings (SSSR count). The number of furan rings is 1. The van der Waals surface area contributed by atoms with Gasteiger partial charge < -0.3 is 24.9 Å². The van der Waals surface area contributed by atoms with Crippen LogP contribution in [0.5, 0.6) is 5.75 Å². The molecule has 0 spiro atoms. The lowest BCUT2D eigenvalue weighted by atomic mass is 10.0. The molecular weight excluding hydrogens is 457 g/mol. The van der Waals surface area contributed by atoms with Crippen molar-refractivity contribution in [1.29, 1.82) is 0 Å². The fraction of sp³-hybridized carbons (Fsp3) is 0.450. The number of hydrogen-bond acceptors (Lipinski definition) is 4. The lowest BCUT2D eigenvalue weighted by Crippen LogP contribution is -2.40. The zero-order chi connectivity index (χ0) is 19.0. The minimum Gasteiger partial charge on any atom is -0.491 e. The number of ether oxygens (including phenoxy) is 1. The Hall–Kier alpha value is -1.74. The number of aliphatic imine (C=N–C) groups is 1. The molecule has 3 N–H and O–H groups in total. The Morgan fingerprint density at radius 1 is 1.19 bits per heavy atom. The standard InChI is InChI=1S/C20H29N3O3.HI/c1-5-21-19(23-14-20(4,24)17-10-7-12-25-17)22-11-13-26-18-15(2)8-6-9-16(18)3;/h6-10,12,24H,5,11,13-14H2,1-4H3,(H2,21,22,23);1H. The Morgan fingerprint density at radius 3 is 2.48 bits per heavy atom. The highest BCUT2D eigenvalue weighted by Crippen LogP contribution is 2.22. The molecule has 0 bridgehead atoms. The Bertz CT molecular complexity index is 695. The van der Waals surface area contributed by atoms with E-state index >= 15 is 0 Å². The van der Waals surface area contributed by atoms with E-state index in [1.54, 1.807) is 25.3 Å². The highest BCUT2D eigenvalue weighted by Gasteiger charge is 2.26. The molecule has 2 aromatic rings. The smallest absolute Gasteiger partial charge is 0.191 e. The predicted molar refractivity (Wildman–Crippen MR) is 119 cm³/mol. The van der Waals surface area contributed by atoms with E-state index in [2.05, 4.69) is 15.6 Å². The number of para-hydroxylation sites is 1. The average molecular weight is 487 g/mol. The van der Waals surface area contributed by atoms with Crippen molar-refractivity contribution < 1.29 is 14.3 Å². The van der Waals surface area contributed by atoms with E-state index < -0.39 is 5.60 Å². The summed E-state index contributed by atoms with van der Waals surface area (Å²) >= 11 is 0. The summed E-state index contributed by atoms with van der Waals surface area (Å²) in [6.07, 6.45) is 1.54. The number of rotatable bonds is 8. The van der Waals surface area contributed by atoms with E-state index in [4.69, 9.17) is 9.15 Å². The molecule has 0 aliphatic carbocycles. The van der Waals surface area contributed by atoms with Crippen LogP contribution >= 0.6 is 24.0 Å². The first-order chi connectivity index (χ1) is 12.4. The summed E-state index contributed by atoms with van der Waals surface area (Å²) in [7, 11) is 0. The third kappa shape index (κ3) is 7.06. The van der Waals surface area contributed by atoms with Crippen molar-refractivity contribution in [2.75, 3.05) is 26.2 Å². The lowest BCUT2D eigenvalue weighted by molar-refractivity contribution is 0.0437. The van der Waals surface area contributed by atoms with Gasteiger partial charge in [0.2, 0.25) is 0 Å². The first-order valence-corrected chi connectivity index (χ1v) is 8.91. The van der Waals surface area contributed by atoms with Crippen LogP contribution in [-0.2, 0) is 5.60 Å². The summed E-state index contributed by atoms with van der Waals surface area (Å²) in [5.74, 6) is 2.05. The highest BCUT2D eigenvalue weighted by atomic mass is 127. The first kappa shape index (κ1) is 23.3. The van der Waals surface area contributed by atoms with Crippen LogP contribution in [-0.4, -0.2) is 37.3 Å². The van der Waals surface area contributed by atoms with Gasteiger partial charge in [0, 0.05) is 6.54 Å². The zero-order valence-electron chi connectivity index (χ0n) is 16.4. The molecule has 1 unspecified atom stereocenters. The van der Waals surface area contributed by atoms with Gasteiger partial charge in [-0.1, -0.05) is 18.2 Å². The van der Waals surface area contributed by atoms with E-state index in [1.807, 2.05) is 39.0 Å². The van der Waals surface area contributed by atoms with E-state index in [0.717, 1.165) is 23.4 Å². The number of nitrogens with zero attached hydrogens (tertiary/aromatic N) is 1. The molecule has 1 aromatic heterocycles. The highest BCUT2D eigenvalue weighted by molar-refractivity contribution is 14.0. The molecule has 6 nitrogen and oxygen atoms in total. The third-order valence-corrected chi connectivity index (χ3v) is 3.99. The molecule has 1 heterocycles. The van der Waals surface area contributed by atoms with Gasteiger partial charge in [-0.3, -0.25) is 0 Å². The van der Waals surface area contributed by atoms with Gasteiger partial charge in [-0.05, 0) is 51.0 Å². The molecule has 0 aliphatic heterocycles. The van der Waals surface area contributed by atoms with Gasteiger partial charge in [0.05, 0.1) is 19.4 Å². The number of guanidine groups is 1. The molecular formula is C20H30IN3O3. The number of halogens is 1. The quantitative estimate of drug-likeness (QED) is 0.231. The second-order valence-corrected chi connectivity index (χ2v) is 6.44. The van der Waals surface area contributed by atoms with Crippen molar-refractivity contribution in [3.8, 4) is 5.75 Å². The summed E-state index contributed by atoms with van der Waals surface area (Å²) in [5, 5.41) is 16.9. The summed E-state index contributed by atoms with van der Waals surface area (Å²) in [4.78, 5) is 4.45. The molecule has 0 aliphatic rings. The molecule has 27 heavy (non-hydrogen) atoms. The van der Waals surface area contributed by atoms with Crippen molar-refractivity contribution >= 4 is 29.9 Å². The largest absolute Gasteiger partial charge is 0.491 e. The summed E-state index contributed by atoms with van der Waals surface area (Å²) in [6.45, 7) is 9.79. The van der Waals surface area contributed by atoms with Crippen molar-refractivity contribution in [2.24, 2.45) is 4.99 Å². The Morgan fingerprint density at radius 2 is 1.89 bits per heavy atom. The fourth-order valence-corrected chi connectivity index (χ4v) is 2.59. The lowest BCUT2D eigenvalue weighted by Gasteiger charge is -2.19. The minimum atomic E-state index is -1.15. The minimum absolute atomic E-state index is 0. The number of nitrogens with one attached hydrogen (secondary N) is 2. The Kier molecular flexibility index (Phi) is 9.65. The van der Waals surface area contributed by atoms with Crippen LogP contribution in [0.1, 0.15) is 30.7 Å². The summed E-state index contributed by atoms with van der Waals surface area (Å²) in [5.41, 5.74) is 1.10. The monoisotopic (exact) mass is 487 g/mol. The molecule has 7 heteroatoms. The van der Waals surface area contributed by atoms with Gasteiger partial charge in [-0.15, -0.1) is 24.0 Å². The molecule has 0 radical (unpaired) electrons. The zero-order valence-corrected chi connectivity index (χ0v) is 18.7. The SMILES string of the molecule is CCNC(=NCC(C)(O)c1ccco1)NCCOc1c(C)cccc1C.I. The van der Waals surface area contributed by atoms with Gasteiger partial charge in [-0.2, -0.15) is 0 Å². The normalized spacial score (nSPS) is 13.4. The van der Waals surface area contributed by atoms with Crippen LogP contribution in [0.2, 0.25) is 0 Å². The fourth-order valence-electron chi connectivity index (χ4n) is 2.59. The van der Waals surface area contributed by atoms with Gasteiger partial charge in [0.15, 0.2) is 5.96 Å². The van der Waals surface area contributed by atoms with Gasteiger partial charge in [0.25, 0.3) is 0 Å². The van der Waals surface area contributed by atoms with Gasteiger partial charge in [0.1, 0.15) is 23.7 Å². The molecule has 1 aromatic carbocycles. The Labute approximate surface area is 178 Å². The average Bonchev–Trinajstić information content (AvgIpc) is 3.14. The van der Waals surface area contributed by atoms with Crippen LogP contribution in [0.15, 0.2) is 46.0 Å². The van der Waals surface area contributed by atoms with Crippen molar-refractivity contribution in [3.05, 3.63) is 53.5 Å². The molecule has 0 saturated heterocycles. The van der Waals surface area contributed by atoms with E-state index in [9.17, 15) is 5.11 Å². The number of aryl methyl sites for hydroxylation is 2. The maximum Gasteiger partial charge on any atom is 0.191 e. The molecule has 0 fully saturated rings. The van der Waals surface area contributed by atoms with Crippen LogP contribution < -0.4 is 15.4 Å². The van der Waals surface area contributed by atoms with Crippen LogP contribution in [0.3, 0.4) is 0 Å². The van der Waals surface area contributed by atoms with E-state index in [1.165, 1.54) is 0 Å². The number of hydrogen-bond donors (Lipinski definition) is 3. The first-order valence-electron chi connectivity index (χ1n) is 8.91. The second-order valence-electron chi connectivity index (χ2n) is 6.44. The maximum atomic E-state index is 10.5. The predicted octanol–water partition coefficient (Wildman–Crippen LogP) is 3.36. The maximum absolute atomic E-state index is 10.5. The van der Waals surface area contributed by atoms with Crippen LogP contribution in [0, 0.1) is 13.8 Å². The third-order valence-electron chi connectivity index (χ3n) is 3.99. The molecule has 1 atom stereocenters. The van der Waals surface area contributed by atoms with Crippen LogP contribution in [0.25, 0.3) is 0 Å². The Balaban J connectivity index is 0.00000364. The summed E-state index contributed by atoms with van der Waals surface area (Å²) in [6, 6.07) is 9.60.